The average molecular weight is 377 g/mol. The lowest BCUT2D eigenvalue weighted by atomic mass is 9.75. The number of nitrogens with one attached hydrogen (secondary N) is 3. The highest BCUT2D eigenvalue weighted by atomic mass is 16.5. The molecule has 3 N–H and O–H groups in total. The first-order chi connectivity index (χ1) is 12.7. The molecule has 7 nitrogen and oxygen atoms in total. The lowest BCUT2D eigenvalue weighted by molar-refractivity contribution is -0.127. The van der Waals surface area contributed by atoms with Gasteiger partial charge in [0.25, 0.3) is 5.91 Å². The Labute approximate surface area is 160 Å². The smallest absolute Gasteiger partial charge is 0.252 e. The van der Waals surface area contributed by atoms with Crippen LogP contribution in [0.1, 0.15) is 57.3 Å². The topological polar surface area (TPSA) is 100 Å². The van der Waals surface area contributed by atoms with Crippen molar-refractivity contribution in [1.82, 2.24) is 15.6 Å². The standard InChI is InChI=1S/C20H31N3O4/c1-5-16-18(15(24)12-27-16)23-17(25)10-13(2)20(3,4)7-9-22-19(26)14-6-8-21-11-14/h6,8,11,13,16,18,21H,5,7,9-10,12H2,1-4H3,(H,22,26)(H,23,25). The number of amides is 2. The Kier molecular flexibility index (Phi) is 7.18. The molecule has 0 aliphatic carbocycles. The zero-order valence-electron chi connectivity index (χ0n) is 16.6. The molecule has 1 fully saturated rings. The molecule has 0 spiro atoms. The van der Waals surface area contributed by atoms with Crippen LogP contribution in [0.15, 0.2) is 18.5 Å². The lowest BCUT2D eigenvalue weighted by Gasteiger charge is -2.32. The van der Waals surface area contributed by atoms with E-state index in [1.807, 2.05) is 13.8 Å². The van der Waals surface area contributed by atoms with Crippen LogP contribution in [0.4, 0.5) is 0 Å². The van der Waals surface area contributed by atoms with Crippen LogP contribution in [0.25, 0.3) is 0 Å². The van der Waals surface area contributed by atoms with Crippen LogP contribution in [0.5, 0.6) is 0 Å². The van der Waals surface area contributed by atoms with E-state index in [-0.39, 0.29) is 41.6 Å². The third-order valence-electron chi connectivity index (χ3n) is 5.62. The molecular weight excluding hydrogens is 346 g/mol. The van der Waals surface area contributed by atoms with Crippen LogP contribution >= 0.6 is 0 Å². The van der Waals surface area contributed by atoms with E-state index in [0.717, 1.165) is 6.42 Å². The molecule has 7 heteroatoms. The molecule has 1 aromatic rings. The first-order valence-electron chi connectivity index (χ1n) is 9.59. The molecule has 0 saturated carbocycles. The van der Waals surface area contributed by atoms with E-state index < -0.39 is 6.04 Å². The number of carbonyl (C=O) groups is 3. The van der Waals surface area contributed by atoms with E-state index in [4.69, 9.17) is 4.74 Å². The normalized spacial score (nSPS) is 21.1. The van der Waals surface area contributed by atoms with E-state index in [0.29, 0.717) is 24.9 Å². The number of aromatic amines is 1. The maximum absolute atomic E-state index is 12.4. The predicted octanol–water partition coefficient (Wildman–Crippen LogP) is 2.05. The van der Waals surface area contributed by atoms with Crippen molar-refractivity contribution in [3.63, 3.8) is 0 Å². The Bertz CT molecular complexity index is 654. The highest BCUT2D eigenvalue weighted by Gasteiger charge is 2.36. The predicted molar refractivity (Wildman–Crippen MR) is 102 cm³/mol. The fourth-order valence-electron chi connectivity index (χ4n) is 3.21. The Morgan fingerprint density at radius 1 is 1.41 bits per heavy atom. The van der Waals surface area contributed by atoms with Crippen LogP contribution in [-0.2, 0) is 14.3 Å². The van der Waals surface area contributed by atoms with Gasteiger partial charge in [-0.15, -0.1) is 0 Å². The largest absolute Gasteiger partial charge is 0.368 e. The second-order valence-corrected chi connectivity index (χ2v) is 7.97. The van der Waals surface area contributed by atoms with E-state index >= 15 is 0 Å². The zero-order valence-corrected chi connectivity index (χ0v) is 16.6. The minimum absolute atomic E-state index is 0.0606. The molecule has 3 atom stereocenters. The number of ether oxygens (including phenoxy) is 1. The highest BCUT2D eigenvalue weighted by Crippen LogP contribution is 2.32. The minimum atomic E-state index is -0.529. The molecule has 0 bridgehead atoms. The van der Waals surface area contributed by atoms with Crippen molar-refractivity contribution in [3.8, 4) is 0 Å². The molecule has 1 aliphatic rings. The molecule has 0 aromatic carbocycles. The average Bonchev–Trinajstić information content (AvgIpc) is 3.25. The molecule has 2 rings (SSSR count). The summed E-state index contributed by atoms with van der Waals surface area (Å²) in [7, 11) is 0. The monoisotopic (exact) mass is 377 g/mol. The molecule has 2 heterocycles. The summed E-state index contributed by atoms with van der Waals surface area (Å²) in [5.41, 5.74) is 0.470. The second-order valence-electron chi connectivity index (χ2n) is 7.97. The van der Waals surface area contributed by atoms with E-state index in [1.165, 1.54) is 0 Å². The minimum Gasteiger partial charge on any atom is -0.368 e. The van der Waals surface area contributed by atoms with Gasteiger partial charge in [-0.25, -0.2) is 0 Å². The van der Waals surface area contributed by atoms with Gasteiger partial charge in [-0.1, -0.05) is 27.7 Å². The quantitative estimate of drug-likeness (QED) is 0.613. The number of H-pyrrole nitrogens is 1. The number of hydrogen-bond acceptors (Lipinski definition) is 4. The summed E-state index contributed by atoms with van der Waals surface area (Å²) in [5, 5.41) is 5.75. The van der Waals surface area contributed by atoms with Gasteiger partial charge in [0.15, 0.2) is 5.78 Å². The van der Waals surface area contributed by atoms with Crippen LogP contribution in [0.3, 0.4) is 0 Å². The van der Waals surface area contributed by atoms with Crippen molar-refractivity contribution in [3.05, 3.63) is 24.0 Å². The Hall–Kier alpha value is -2.15. The zero-order chi connectivity index (χ0) is 20.0. The maximum atomic E-state index is 12.4. The van der Waals surface area contributed by atoms with Crippen LogP contribution in [0.2, 0.25) is 0 Å². The van der Waals surface area contributed by atoms with Crippen molar-refractivity contribution in [2.24, 2.45) is 11.3 Å². The van der Waals surface area contributed by atoms with Crippen molar-refractivity contribution in [2.75, 3.05) is 13.2 Å². The Morgan fingerprint density at radius 2 is 2.15 bits per heavy atom. The van der Waals surface area contributed by atoms with Crippen molar-refractivity contribution >= 4 is 17.6 Å². The number of rotatable bonds is 9. The third kappa shape index (κ3) is 5.66. The summed E-state index contributed by atoms with van der Waals surface area (Å²) in [6, 6.07) is 1.20. The number of carbonyl (C=O) groups excluding carboxylic acids is 3. The Balaban J connectivity index is 1.78. The fraction of sp³-hybridized carbons (Fsp3) is 0.650. The van der Waals surface area contributed by atoms with Crippen molar-refractivity contribution in [2.45, 2.75) is 59.1 Å². The summed E-state index contributed by atoms with van der Waals surface area (Å²) in [5.74, 6) is -0.203. The van der Waals surface area contributed by atoms with Gasteiger partial charge >= 0.3 is 0 Å². The van der Waals surface area contributed by atoms with Gasteiger partial charge in [-0.3, -0.25) is 14.4 Å². The van der Waals surface area contributed by atoms with Gasteiger partial charge in [0.1, 0.15) is 12.6 Å². The van der Waals surface area contributed by atoms with Crippen molar-refractivity contribution in [1.29, 1.82) is 0 Å². The van der Waals surface area contributed by atoms with Crippen LogP contribution < -0.4 is 10.6 Å². The second kappa shape index (κ2) is 9.17. The van der Waals surface area contributed by atoms with E-state index in [9.17, 15) is 14.4 Å². The van der Waals surface area contributed by atoms with Crippen LogP contribution in [-0.4, -0.2) is 47.9 Å². The molecular formula is C20H31N3O4. The fourth-order valence-corrected chi connectivity index (χ4v) is 3.21. The molecule has 2 amide bonds. The highest BCUT2D eigenvalue weighted by molar-refractivity contribution is 5.94. The molecule has 1 aromatic heterocycles. The Morgan fingerprint density at radius 3 is 2.78 bits per heavy atom. The maximum Gasteiger partial charge on any atom is 0.252 e. The van der Waals surface area contributed by atoms with Gasteiger partial charge in [-0.05, 0) is 30.2 Å². The van der Waals surface area contributed by atoms with Gasteiger partial charge in [0.2, 0.25) is 5.91 Å². The number of aromatic nitrogens is 1. The lowest BCUT2D eigenvalue weighted by Crippen LogP contribution is -2.45. The van der Waals surface area contributed by atoms with E-state index in [2.05, 4.69) is 29.5 Å². The summed E-state index contributed by atoms with van der Waals surface area (Å²) in [6.45, 7) is 8.76. The molecule has 0 radical (unpaired) electrons. The van der Waals surface area contributed by atoms with Crippen molar-refractivity contribution < 1.29 is 19.1 Å². The summed E-state index contributed by atoms with van der Waals surface area (Å²) in [6.07, 6.45) is 4.92. The molecule has 1 saturated heterocycles. The first kappa shape index (κ1) is 21.2. The summed E-state index contributed by atoms with van der Waals surface area (Å²) >= 11 is 0. The number of Topliss-reactive ketones (excluding diaryl/α,β-unsaturated/α-hetero) is 1. The number of ketones is 1. The molecule has 150 valence electrons. The summed E-state index contributed by atoms with van der Waals surface area (Å²) < 4.78 is 5.40. The van der Waals surface area contributed by atoms with Gasteiger partial charge in [0, 0.05) is 25.4 Å². The molecule has 1 aliphatic heterocycles. The van der Waals surface area contributed by atoms with Crippen LogP contribution in [0, 0.1) is 11.3 Å². The van der Waals surface area contributed by atoms with Gasteiger partial charge < -0.3 is 20.4 Å². The van der Waals surface area contributed by atoms with Gasteiger partial charge in [0.05, 0.1) is 11.7 Å². The van der Waals surface area contributed by atoms with Gasteiger partial charge in [-0.2, -0.15) is 0 Å². The molecule has 3 unspecified atom stereocenters. The summed E-state index contributed by atoms with van der Waals surface area (Å²) in [4.78, 5) is 39.1. The third-order valence-corrected chi connectivity index (χ3v) is 5.62. The molecule has 27 heavy (non-hydrogen) atoms. The van der Waals surface area contributed by atoms with E-state index in [1.54, 1.807) is 18.5 Å². The first-order valence-corrected chi connectivity index (χ1v) is 9.59. The SMILES string of the molecule is CCC1OCC(=O)C1NC(=O)CC(C)C(C)(C)CCNC(=O)c1cc[nH]c1. The number of hydrogen-bond donors (Lipinski definition) is 3.